The molecule has 0 aliphatic heterocycles. The number of halogens is 1. The lowest BCUT2D eigenvalue weighted by Crippen LogP contribution is -2.01. The second kappa shape index (κ2) is 5.38. The minimum absolute atomic E-state index is 0.0294. The van der Waals surface area contributed by atoms with Crippen LogP contribution in [0.25, 0.3) is 10.8 Å². The molecule has 0 radical (unpaired) electrons. The van der Waals surface area contributed by atoms with Gasteiger partial charge in [0.05, 0.1) is 0 Å². The molecular formula is C15H10ClN3O2. The first-order chi connectivity index (χ1) is 10.1. The van der Waals surface area contributed by atoms with Crippen LogP contribution in [0.4, 0.5) is 11.5 Å². The number of carboxylic acids is 1. The van der Waals surface area contributed by atoms with E-state index in [1.54, 1.807) is 12.3 Å². The molecule has 0 unspecified atom stereocenters. The summed E-state index contributed by atoms with van der Waals surface area (Å²) < 4.78 is 0. The first kappa shape index (κ1) is 13.3. The Hall–Kier alpha value is -2.66. The van der Waals surface area contributed by atoms with Crippen LogP contribution in [0.2, 0.25) is 5.02 Å². The fourth-order valence-corrected chi connectivity index (χ4v) is 2.17. The highest BCUT2D eigenvalue weighted by atomic mass is 35.5. The highest BCUT2D eigenvalue weighted by molar-refractivity contribution is 6.31. The van der Waals surface area contributed by atoms with Crippen LogP contribution in [0.3, 0.4) is 0 Å². The molecule has 2 heterocycles. The summed E-state index contributed by atoms with van der Waals surface area (Å²) in [5.74, 6) is -0.467. The van der Waals surface area contributed by atoms with E-state index >= 15 is 0 Å². The summed E-state index contributed by atoms with van der Waals surface area (Å²) in [7, 11) is 0. The van der Waals surface area contributed by atoms with Crippen LogP contribution in [0.15, 0.2) is 48.8 Å². The minimum Gasteiger partial charge on any atom is -0.477 e. The van der Waals surface area contributed by atoms with E-state index in [2.05, 4.69) is 15.3 Å². The minimum atomic E-state index is -1.08. The summed E-state index contributed by atoms with van der Waals surface area (Å²) in [6, 6.07) is 10.5. The number of carbonyl (C=O) groups is 1. The van der Waals surface area contributed by atoms with Crippen molar-refractivity contribution < 1.29 is 9.90 Å². The number of hydrogen-bond donors (Lipinski definition) is 2. The molecule has 1 aromatic carbocycles. The van der Waals surface area contributed by atoms with E-state index in [9.17, 15) is 4.79 Å². The number of benzene rings is 1. The molecule has 5 nitrogen and oxygen atoms in total. The van der Waals surface area contributed by atoms with Crippen LogP contribution in [-0.2, 0) is 0 Å². The number of fused-ring (bicyclic) bond motifs is 1. The van der Waals surface area contributed by atoms with Gasteiger partial charge in [0.1, 0.15) is 11.5 Å². The molecule has 3 rings (SSSR count). The lowest BCUT2D eigenvalue weighted by atomic mass is 10.1. The molecular weight excluding hydrogens is 290 g/mol. The molecule has 0 amide bonds. The molecule has 3 aromatic rings. The summed E-state index contributed by atoms with van der Waals surface area (Å²) in [5.41, 5.74) is 0.570. The first-order valence-corrected chi connectivity index (χ1v) is 6.52. The van der Waals surface area contributed by atoms with Gasteiger partial charge in [0.25, 0.3) is 0 Å². The predicted molar refractivity (Wildman–Crippen MR) is 81.2 cm³/mol. The Bertz CT molecular complexity index is 836. The summed E-state index contributed by atoms with van der Waals surface area (Å²) in [6.45, 7) is 0. The van der Waals surface area contributed by atoms with Crippen LogP contribution in [0.1, 0.15) is 10.5 Å². The standard InChI is InChI=1S/C15H10ClN3O2/c16-10-2-1-9-3-5-18-14(12(9)7-10)19-11-4-6-17-13(8-11)15(20)21/h1-8H,(H,20,21)(H,17,18,19). The average molecular weight is 300 g/mol. The fourth-order valence-electron chi connectivity index (χ4n) is 2.00. The van der Waals surface area contributed by atoms with Gasteiger partial charge in [-0.3, -0.25) is 0 Å². The van der Waals surface area contributed by atoms with Gasteiger partial charge < -0.3 is 10.4 Å². The zero-order chi connectivity index (χ0) is 14.8. The predicted octanol–water partition coefficient (Wildman–Crippen LogP) is 3.73. The van der Waals surface area contributed by atoms with Gasteiger partial charge in [-0.2, -0.15) is 0 Å². The monoisotopic (exact) mass is 299 g/mol. The number of aromatic carboxylic acids is 1. The molecule has 0 fully saturated rings. The van der Waals surface area contributed by atoms with Crippen molar-refractivity contribution in [3.05, 3.63) is 59.5 Å². The van der Waals surface area contributed by atoms with Crippen LogP contribution in [-0.4, -0.2) is 21.0 Å². The van der Waals surface area contributed by atoms with Crippen molar-refractivity contribution in [2.75, 3.05) is 5.32 Å². The van der Waals surface area contributed by atoms with Gasteiger partial charge >= 0.3 is 5.97 Å². The molecule has 0 saturated heterocycles. The zero-order valence-electron chi connectivity index (χ0n) is 10.7. The maximum Gasteiger partial charge on any atom is 0.354 e. The first-order valence-electron chi connectivity index (χ1n) is 6.14. The molecule has 0 bridgehead atoms. The normalized spacial score (nSPS) is 10.5. The maximum atomic E-state index is 10.9. The Morgan fingerprint density at radius 1 is 1.10 bits per heavy atom. The number of nitrogens with one attached hydrogen (secondary N) is 1. The van der Waals surface area contributed by atoms with Crippen molar-refractivity contribution in [1.82, 2.24) is 9.97 Å². The number of hydrogen-bond acceptors (Lipinski definition) is 4. The van der Waals surface area contributed by atoms with Crippen molar-refractivity contribution in [3.8, 4) is 0 Å². The lowest BCUT2D eigenvalue weighted by Gasteiger charge is -2.09. The Morgan fingerprint density at radius 3 is 2.71 bits per heavy atom. The van der Waals surface area contributed by atoms with E-state index < -0.39 is 5.97 Å². The number of aromatic nitrogens is 2. The molecule has 0 saturated carbocycles. The van der Waals surface area contributed by atoms with E-state index in [1.165, 1.54) is 12.3 Å². The molecule has 2 aromatic heterocycles. The van der Waals surface area contributed by atoms with Gasteiger partial charge in [0, 0.05) is 28.5 Å². The molecule has 2 N–H and O–H groups in total. The third kappa shape index (κ3) is 2.78. The quantitative estimate of drug-likeness (QED) is 0.771. The summed E-state index contributed by atoms with van der Waals surface area (Å²) in [6.07, 6.45) is 3.11. The van der Waals surface area contributed by atoms with Crippen molar-refractivity contribution in [3.63, 3.8) is 0 Å². The molecule has 0 aliphatic carbocycles. The van der Waals surface area contributed by atoms with E-state index in [0.29, 0.717) is 16.5 Å². The third-order valence-electron chi connectivity index (χ3n) is 2.97. The van der Waals surface area contributed by atoms with Crippen LogP contribution >= 0.6 is 11.6 Å². The van der Waals surface area contributed by atoms with Crippen LogP contribution < -0.4 is 5.32 Å². The molecule has 0 spiro atoms. The van der Waals surface area contributed by atoms with Crippen LogP contribution in [0, 0.1) is 0 Å². The van der Waals surface area contributed by atoms with Crippen molar-refractivity contribution in [1.29, 1.82) is 0 Å². The largest absolute Gasteiger partial charge is 0.477 e. The molecule has 0 aliphatic rings. The van der Waals surface area contributed by atoms with E-state index in [-0.39, 0.29) is 5.69 Å². The summed E-state index contributed by atoms with van der Waals surface area (Å²) in [4.78, 5) is 19.0. The van der Waals surface area contributed by atoms with Gasteiger partial charge in [-0.15, -0.1) is 0 Å². The number of nitrogens with zero attached hydrogens (tertiary/aromatic N) is 2. The number of anilines is 2. The smallest absolute Gasteiger partial charge is 0.354 e. The van der Waals surface area contributed by atoms with Crippen molar-refractivity contribution in [2.24, 2.45) is 0 Å². The Labute approximate surface area is 125 Å². The Kier molecular flexibility index (Phi) is 3.41. The summed E-state index contributed by atoms with van der Waals surface area (Å²) in [5, 5.41) is 14.5. The second-order valence-corrected chi connectivity index (χ2v) is 4.82. The zero-order valence-corrected chi connectivity index (χ0v) is 11.5. The van der Waals surface area contributed by atoms with E-state index in [0.717, 1.165) is 10.8 Å². The van der Waals surface area contributed by atoms with Gasteiger partial charge in [-0.05, 0) is 35.7 Å². The highest BCUT2D eigenvalue weighted by Crippen LogP contribution is 2.26. The SMILES string of the molecule is O=C(O)c1cc(Nc2nccc3ccc(Cl)cc23)ccn1. The maximum absolute atomic E-state index is 10.9. The fraction of sp³-hybridized carbons (Fsp3) is 0. The van der Waals surface area contributed by atoms with Crippen molar-refractivity contribution in [2.45, 2.75) is 0 Å². The number of carboxylic acid groups (broad SMARTS) is 1. The molecule has 104 valence electrons. The molecule has 6 heteroatoms. The number of rotatable bonds is 3. The topological polar surface area (TPSA) is 75.1 Å². The van der Waals surface area contributed by atoms with Gasteiger partial charge in [0.15, 0.2) is 0 Å². The van der Waals surface area contributed by atoms with E-state index in [4.69, 9.17) is 16.7 Å². The van der Waals surface area contributed by atoms with E-state index in [1.807, 2.05) is 24.3 Å². The highest BCUT2D eigenvalue weighted by Gasteiger charge is 2.07. The van der Waals surface area contributed by atoms with Gasteiger partial charge in [-0.1, -0.05) is 17.7 Å². The summed E-state index contributed by atoms with van der Waals surface area (Å²) >= 11 is 6.02. The average Bonchev–Trinajstić information content (AvgIpc) is 2.48. The van der Waals surface area contributed by atoms with Crippen molar-refractivity contribution >= 4 is 39.8 Å². The Morgan fingerprint density at radius 2 is 1.90 bits per heavy atom. The third-order valence-corrected chi connectivity index (χ3v) is 3.21. The molecule has 21 heavy (non-hydrogen) atoms. The van der Waals surface area contributed by atoms with Gasteiger partial charge in [0.2, 0.25) is 0 Å². The second-order valence-electron chi connectivity index (χ2n) is 4.38. The molecule has 0 atom stereocenters. The lowest BCUT2D eigenvalue weighted by molar-refractivity contribution is 0.0690. The van der Waals surface area contributed by atoms with Crippen LogP contribution in [0.5, 0.6) is 0 Å². The Balaban J connectivity index is 2.04. The number of pyridine rings is 2. The van der Waals surface area contributed by atoms with Gasteiger partial charge in [-0.25, -0.2) is 14.8 Å².